The summed E-state index contributed by atoms with van der Waals surface area (Å²) in [7, 11) is 0. The summed E-state index contributed by atoms with van der Waals surface area (Å²) in [6.45, 7) is 6.63. The standard InChI is InChI=1S/C16H25N5O3.C6H4ClF/c1-3-5-6-12(10-17-8-4-2)11-21-15(22)13(7-9-18-21)14-19-16(23)24-20-14;7-5-3-1-2-4-6(5)8/h7,9,12,17H,3-6,8,10-11H2,1-2H3,(H,19,20,23);1-4H. The first-order valence-electron chi connectivity index (χ1n) is 10.7. The zero-order chi connectivity index (χ0) is 23.3. The van der Waals surface area contributed by atoms with E-state index in [0.717, 1.165) is 38.8 Å². The number of nitrogens with zero attached hydrogens (tertiary/aromatic N) is 3. The second kappa shape index (κ2) is 13.6. The summed E-state index contributed by atoms with van der Waals surface area (Å²) in [4.78, 5) is 26.1. The molecule has 0 amide bonds. The molecule has 32 heavy (non-hydrogen) atoms. The Hall–Kier alpha value is -2.78. The molecule has 0 saturated carbocycles. The van der Waals surface area contributed by atoms with E-state index in [1.54, 1.807) is 18.3 Å². The third-order valence-corrected chi connectivity index (χ3v) is 5.00. The van der Waals surface area contributed by atoms with Crippen LogP contribution in [0, 0.1) is 11.7 Å². The van der Waals surface area contributed by atoms with Crippen LogP contribution in [0.25, 0.3) is 11.4 Å². The Morgan fingerprint density at radius 1 is 1.22 bits per heavy atom. The van der Waals surface area contributed by atoms with Gasteiger partial charge in [-0.05, 0) is 50.0 Å². The van der Waals surface area contributed by atoms with Crippen molar-refractivity contribution in [2.75, 3.05) is 13.1 Å². The summed E-state index contributed by atoms with van der Waals surface area (Å²) in [6, 6.07) is 7.65. The molecule has 0 bridgehead atoms. The van der Waals surface area contributed by atoms with Crippen molar-refractivity contribution < 1.29 is 8.91 Å². The van der Waals surface area contributed by atoms with Gasteiger partial charge in [0.2, 0.25) is 0 Å². The van der Waals surface area contributed by atoms with Crippen molar-refractivity contribution in [2.24, 2.45) is 5.92 Å². The van der Waals surface area contributed by atoms with Crippen molar-refractivity contribution in [1.29, 1.82) is 0 Å². The van der Waals surface area contributed by atoms with Gasteiger partial charge in [0.05, 0.1) is 10.6 Å². The lowest BCUT2D eigenvalue weighted by Gasteiger charge is -2.18. The van der Waals surface area contributed by atoms with Crippen LogP contribution >= 0.6 is 11.6 Å². The van der Waals surface area contributed by atoms with Gasteiger partial charge < -0.3 is 5.32 Å². The topological polar surface area (TPSA) is 106 Å². The molecule has 2 heterocycles. The van der Waals surface area contributed by atoms with Gasteiger partial charge in [0.15, 0.2) is 5.82 Å². The quantitative estimate of drug-likeness (QED) is 0.440. The number of H-pyrrole nitrogens is 1. The molecule has 0 saturated heterocycles. The Balaban J connectivity index is 0.000000380. The van der Waals surface area contributed by atoms with Crippen LogP contribution < -0.4 is 16.6 Å². The molecule has 3 aromatic rings. The summed E-state index contributed by atoms with van der Waals surface area (Å²) in [5, 5.41) is 11.3. The van der Waals surface area contributed by atoms with Gasteiger partial charge in [-0.15, -0.1) is 0 Å². The van der Waals surface area contributed by atoms with Gasteiger partial charge in [-0.1, -0.05) is 55.6 Å². The molecule has 174 valence electrons. The zero-order valence-corrected chi connectivity index (χ0v) is 19.1. The molecular weight excluding hydrogens is 437 g/mol. The van der Waals surface area contributed by atoms with Gasteiger partial charge in [-0.25, -0.2) is 13.9 Å². The van der Waals surface area contributed by atoms with Crippen LogP contribution in [0.4, 0.5) is 4.39 Å². The number of aromatic nitrogens is 4. The van der Waals surface area contributed by atoms with Gasteiger partial charge in [0, 0.05) is 12.7 Å². The molecule has 0 spiro atoms. The molecule has 2 aromatic heterocycles. The lowest BCUT2D eigenvalue weighted by atomic mass is 10.0. The highest BCUT2D eigenvalue weighted by molar-refractivity contribution is 6.30. The van der Waals surface area contributed by atoms with Gasteiger partial charge in [-0.2, -0.15) is 5.10 Å². The molecular formula is C22H29ClFN5O3. The normalized spacial score (nSPS) is 11.6. The largest absolute Gasteiger partial charge is 0.439 e. The maximum absolute atomic E-state index is 12.6. The first-order chi connectivity index (χ1) is 15.5. The van der Waals surface area contributed by atoms with E-state index in [1.807, 2.05) is 0 Å². The molecule has 1 aromatic carbocycles. The lowest BCUT2D eigenvalue weighted by Crippen LogP contribution is -2.32. The Labute approximate surface area is 190 Å². The van der Waals surface area contributed by atoms with Crippen LogP contribution in [-0.4, -0.2) is 33.0 Å². The van der Waals surface area contributed by atoms with Crippen molar-refractivity contribution >= 4 is 11.6 Å². The second-order valence-electron chi connectivity index (χ2n) is 7.30. The molecule has 1 atom stereocenters. The van der Waals surface area contributed by atoms with Gasteiger partial charge in [0.1, 0.15) is 5.82 Å². The van der Waals surface area contributed by atoms with Crippen LogP contribution in [0.15, 0.2) is 50.6 Å². The summed E-state index contributed by atoms with van der Waals surface area (Å²) >= 11 is 5.33. The van der Waals surface area contributed by atoms with Crippen LogP contribution in [-0.2, 0) is 6.54 Å². The fourth-order valence-electron chi connectivity index (χ4n) is 3.02. The van der Waals surface area contributed by atoms with E-state index in [1.165, 1.54) is 22.9 Å². The summed E-state index contributed by atoms with van der Waals surface area (Å²) < 4.78 is 18.1. The van der Waals surface area contributed by atoms with E-state index in [9.17, 15) is 14.0 Å². The van der Waals surface area contributed by atoms with Crippen molar-refractivity contribution in [3.8, 4) is 11.4 Å². The third kappa shape index (κ3) is 8.05. The highest BCUT2D eigenvalue weighted by Gasteiger charge is 2.15. The highest BCUT2D eigenvalue weighted by atomic mass is 35.5. The fourth-order valence-corrected chi connectivity index (χ4v) is 3.16. The number of unbranched alkanes of at least 4 members (excludes halogenated alkanes) is 1. The monoisotopic (exact) mass is 465 g/mol. The van der Waals surface area contributed by atoms with Crippen molar-refractivity contribution in [2.45, 2.75) is 46.1 Å². The van der Waals surface area contributed by atoms with E-state index >= 15 is 0 Å². The minimum Gasteiger partial charge on any atom is -0.316 e. The van der Waals surface area contributed by atoms with E-state index < -0.39 is 5.76 Å². The fraction of sp³-hybridized carbons (Fsp3) is 0.455. The SMILES string of the molecule is CCCCC(CNCCC)Cn1nccc(-c2noc(=O)[nH]2)c1=O.Fc1ccccc1Cl. The number of rotatable bonds is 10. The van der Waals surface area contributed by atoms with E-state index in [0.29, 0.717) is 12.5 Å². The molecule has 0 aliphatic carbocycles. The minimum atomic E-state index is -0.683. The van der Waals surface area contributed by atoms with Crippen LogP contribution in [0.1, 0.15) is 39.5 Å². The Morgan fingerprint density at radius 3 is 2.59 bits per heavy atom. The molecule has 2 N–H and O–H groups in total. The molecule has 3 rings (SSSR count). The van der Waals surface area contributed by atoms with Crippen LogP contribution in [0.5, 0.6) is 0 Å². The first kappa shape index (κ1) is 25.5. The Kier molecular flexibility index (Phi) is 10.8. The number of halogens is 2. The van der Waals surface area contributed by atoms with E-state index in [2.05, 4.69) is 38.9 Å². The smallest absolute Gasteiger partial charge is 0.316 e. The zero-order valence-electron chi connectivity index (χ0n) is 18.3. The molecule has 0 aliphatic heterocycles. The molecule has 0 fully saturated rings. The average Bonchev–Trinajstić information content (AvgIpc) is 3.22. The molecule has 8 nitrogen and oxygen atoms in total. The third-order valence-electron chi connectivity index (χ3n) is 4.69. The van der Waals surface area contributed by atoms with E-state index in [-0.39, 0.29) is 27.8 Å². The summed E-state index contributed by atoms with van der Waals surface area (Å²) in [5.74, 6) is -0.588. The minimum absolute atomic E-state index is 0.135. The van der Waals surface area contributed by atoms with E-state index in [4.69, 9.17) is 11.6 Å². The number of aromatic amines is 1. The molecule has 1 unspecified atom stereocenters. The highest BCUT2D eigenvalue weighted by Crippen LogP contribution is 2.12. The van der Waals surface area contributed by atoms with Crippen molar-refractivity contribution in [1.82, 2.24) is 25.2 Å². The lowest BCUT2D eigenvalue weighted by molar-refractivity contribution is 0.355. The average molecular weight is 466 g/mol. The molecule has 0 aliphatic rings. The number of hydrogen-bond acceptors (Lipinski definition) is 6. The maximum Gasteiger partial charge on any atom is 0.439 e. The Bertz CT molecular complexity index is 1040. The van der Waals surface area contributed by atoms with Gasteiger partial charge >= 0.3 is 5.76 Å². The van der Waals surface area contributed by atoms with Gasteiger partial charge in [0.25, 0.3) is 5.56 Å². The van der Waals surface area contributed by atoms with Crippen LogP contribution in [0.3, 0.4) is 0 Å². The number of nitrogens with one attached hydrogen (secondary N) is 2. The van der Waals surface area contributed by atoms with Crippen molar-refractivity contribution in [3.63, 3.8) is 0 Å². The van der Waals surface area contributed by atoms with Crippen LogP contribution in [0.2, 0.25) is 5.02 Å². The number of benzene rings is 1. The maximum atomic E-state index is 12.6. The molecule has 10 heteroatoms. The summed E-state index contributed by atoms with van der Waals surface area (Å²) in [5.41, 5.74) is 0.00523. The first-order valence-corrected chi connectivity index (χ1v) is 11.1. The molecule has 0 radical (unpaired) electrons. The van der Waals surface area contributed by atoms with Gasteiger partial charge in [-0.3, -0.25) is 14.3 Å². The predicted octanol–water partition coefficient (Wildman–Crippen LogP) is 3.87. The second-order valence-corrected chi connectivity index (χ2v) is 7.71. The van der Waals surface area contributed by atoms with Crippen molar-refractivity contribution in [3.05, 3.63) is 68.3 Å². The predicted molar refractivity (Wildman–Crippen MR) is 122 cm³/mol. The summed E-state index contributed by atoms with van der Waals surface area (Å²) in [6.07, 6.45) is 5.89. The number of hydrogen-bond donors (Lipinski definition) is 2. The Morgan fingerprint density at radius 2 is 2.00 bits per heavy atom.